The number of pyridine rings is 2. The summed E-state index contributed by atoms with van der Waals surface area (Å²) in [5.74, 6) is 0. The SMILES string of the molecule is [B]c1ccc2cc(-c3ccc(-c4nc5ccccc5c5c4ccc4ccccc45)nc3)ccc2c1. The Morgan fingerprint density at radius 3 is 2.17 bits per heavy atom. The maximum Gasteiger partial charge on any atom is 0.113 e. The van der Waals surface area contributed by atoms with Crippen LogP contribution in [0.15, 0.2) is 115 Å². The van der Waals surface area contributed by atoms with Crippen molar-refractivity contribution in [2.75, 3.05) is 0 Å². The quantitative estimate of drug-likeness (QED) is 0.209. The van der Waals surface area contributed by atoms with E-state index < -0.39 is 0 Å². The van der Waals surface area contributed by atoms with Gasteiger partial charge in [0.25, 0.3) is 0 Å². The second-order valence-corrected chi connectivity index (χ2v) is 8.94. The highest BCUT2D eigenvalue weighted by Crippen LogP contribution is 2.36. The van der Waals surface area contributed by atoms with Crippen molar-refractivity contribution in [2.45, 2.75) is 0 Å². The van der Waals surface area contributed by atoms with Crippen molar-refractivity contribution in [1.29, 1.82) is 0 Å². The Bertz CT molecular complexity index is 1890. The first kappa shape index (κ1) is 19.9. The van der Waals surface area contributed by atoms with Crippen LogP contribution in [-0.2, 0) is 0 Å². The highest BCUT2D eigenvalue weighted by Gasteiger charge is 2.14. The van der Waals surface area contributed by atoms with E-state index in [1.54, 1.807) is 0 Å². The molecule has 35 heavy (non-hydrogen) atoms. The summed E-state index contributed by atoms with van der Waals surface area (Å²) in [5.41, 5.74) is 5.73. The van der Waals surface area contributed by atoms with Gasteiger partial charge in [-0.3, -0.25) is 4.98 Å². The van der Waals surface area contributed by atoms with E-state index in [1.165, 1.54) is 16.2 Å². The van der Waals surface area contributed by atoms with Gasteiger partial charge in [0.05, 0.1) is 16.9 Å². The van der Waals surface area contributed by atoms with Crippen molar-refractivity contribution in [3.63, 3.8) is 0 Å². The van der Waals surface area contributed by atoms with E-state index in [-0.39, 0.29) is 0 Å². The molecule has 7 rings (SSSR count). The van der Waals surface area contributed by atoms with Crippen LogP contribution < -0.4 is 5.46 Å². The van der Waals surface area contributed by atoms with Crippen LogP contribution in [0.1, 0.15) is 0 Å². The van der Waals surface area contributed by atoms with E-state index in [0.29, 0.717) is 0 Å². The Balaban J connectivity index is 1.41. The fourth-order valence-electron chi connectivity index (χ4n) is 5.07. The van der Waals surface area contributed by atoms with E-state index in [9.17, 15) is 0 Å². The number of nitrogens with zero attached hydrogens (tertiary/aromatic N) is 2. The maximum absolute atomic E-state index is 5.93. The summed E-state index contributed by atoms with van der Waals surface area (Å²) in [4.78, 5) is 9.93. The van der Waals surface area contributed by atoms with Gasteiger partial charge in [-0.2, -0.15) is 0 Å². The monoisotopic (exact) mass is 442 g/mol. The molecule has 0 unspecified atom stereocenters. The summed E-state index contributed by atoms with van der Waals surface area (Å²) in [6.45, 7) is 0. The van der Waals surface area contributed by atoms with Crippen molar-refractivity contribution >= 4 is 56.5 Å². The van der Waals surface area contributed by atoms with E-state index in [1.807, 2.05) is 24.4 Å². The average molecular weight is 442 g/mol. The second-order valence-electron chi connectivity index (χ2n) is 8.94. The smallest absolute Gasteiger partial charge is 0.113 e. The molecule has 0 N–H and O–H groups in total. The van der Waals surface area contributed by atoms with Crippen LogP contribution in [0, 0.1) is 0 Å². The maximum atomic E-state index is 5.93. The topological polar surface area (TPSA) is 25.8 Å². The van der Waals surface area contributed by atoms with Crippen LogP contribution in [-0.4, -0.2) is 17.8 Å². The molecule has 0 amide bonds. The lowest BCUT2D eigenvalue weighted by molar-refractivity contribution is 1.29. The molecule has 0 atom stereocenters. The first-order chi connectivity index (χ1) is 17.2. The zero-order chi connectivity index (χ0) is 23.4. The molecule has 0 spiro atoms. The van der Waals surface area contributed by atoms with Gasteiger partial charge < -0.3 is 0 Å². The minimum Gasteiger partial charge on any atom is -0.254 e. The molecule has 0 aliphatic heterocycles. The van der Waals surface area contributed by atoms with Crippen LogP contribution in [0.5, 0.6) is 0 Å². The van der Waals surface area contributed by atoms with Gasteiger partial charge in [0.2, 0.25) is 0 Å². The molecule has 2 aromatic heterocycles. The fraction of sp³-hybridized carbons (Fsp3) is 0. The number of hydrogen-bond donors (Lipinski definition) is 0. The molecule has 0 saturated carbocycles. The molecule has 2 radical (unpaired) electrons. The van der Waals surface area contributed by atoms with Crippen LogP contribution in [0.3, 0.4) is 0 Å². The van der Waals surface area contributed by atoms with Gasteiger partial charge in [-0.25, -0.2) is 4.98 Å². The molecule has 2 nitrogen and oxygen atoms in total. The first-order valence-corrected chi connectivity index (χ1v) is 11.7. The summed E-state index contributed by atoms with van der Waals surface area (Å²) in [6, 6.07) is 37.9. The van der Waals surface area contributed by atoms with Crippen LogP contribution in [0.25, 0.3) is 65.7 Å². The van der Waals surface area contributed by atoms with E-state index in [0.717, 1.165) is 55.0 Å². The summed E-state index contributed by atoms with van der Waals surface area (Å²) in [5, 5.41) is 8.26. The van der Waals surface area contributed by atoms with Gasteiger partial charge >= 0.3 is 0 Å². The van der Waals surface area contributed by atoms with Crippen LogP contribution >= 0.6 is 0 Å². The molecule has 0 bridgehead atoms. The molecule has 3 heteroatoms. The lowest BCUT2D eigenvalue weighted by Crippen LogP contribution is -1.99. The third-order valence-electron chi connectivity index (χ3n) is 6.79. The average Bonchev–Trinajstić information content (AvgIpc) is 2.92. The molecule has 7 aromatic rings. The molecule has 0 aliphatic rings. The van der Waals surface area contributed by atoms with E-state index in [2.05, 4.69) is 91.0 Å². The van der Waals surface area contributed by atoms with Gasteiger partial charge in [0.1, 0.15) is 7.85 Å². The number of rotatable bonds is 2. The zero-order valence-electron chi connectivity index (χ0n) is 18.9. The van der Waals surface area contributed by atoms with Crippen molar-refractivity contribution in [3.8, 4) is 22.5 Å². The summed E-state index contributed by atoms with van der Waals surface area (Å²) >= 11 is 0. The normalized spacial score (nSPS) is 11.5. The van der Waals surface area contributed by atoms with Crippen molar-refractivity contribution in [3.05, 3.63) is 115 Å². The van der Waals surface area contributed by atoms with Crippen molar-refractivity contribution in [1.82, 2.24) is 9.97 Å². The fourth-order valence-corrected chi connectivity index (χ4v) is 5.07. The van der Waals surface area contributed by atoms with Gasteiger partial charge in [-0.15, -0.1) is 0 Å². The van der Waals surface area contributed by atoms with Gasteiger partial charge in [-0.05, 0) is 45.3 Å². The zero-order valence-corrected chi connectivity index (χ0v) is 18.9. The Morgan fingerprint density at radius 1 is 0.543 bits per heavy atom. The van der Waals surface area contributed by atoms with Crippen LogP contribution in [0.2, 0.25) is 0 Å². The number of para-hydroxylation sites is 1. The minimum absolute atomic E-state index is 0.777. The standard InChI is InChI=1S/C32H19BN2/c33-25-14-11-21-17-22(9-10-23(21)18-25)24-13-16-30(34-19-24)32-28-15-12-20-5-1-2-6-26(20)31(28)27-7-3-4-8-29(27)35-32/h1-19H. The number of hydrogen-bond acceptors (Lipinski definition) is 2. The van der Waals surface area contributed by atoms with Crippen molar-refractivity contribution in [2.24, 2.45) is 0 Å². The highest BCUT2D eigenvalue weighted by molar-refractivity contribution is 6.33. The second kappa shape index (κ2) is 7.78. The molecule has 0 fully saturated rings. The lowest BCUT2D eigenvalue weighted by Gasteiger charge is -2.12. The number of fused-ring (bicyclic) bond motifs is 6. The first-order valence-electron chi connectivity index (χ1n) is 11.7. The molecule has 0 saturated heterocycles. The Labute approximate surface area is 204 Å². The van der Waals surface area contributed by atoms with Gasteiger partial charge in [-0.1, -0.05) is 96.5 Å². The summed E-state index contributed by atoms with van der Waals surface area (Å²) < 4.78 is 0. The third kappa shape index (κ3) is 3.28. The Morgan fingerprint density at radius 2 is 1.29 bits per heavy atom. The Kier molecular flexibility index (Phi) is 4.43. The number of aromatic nitrogens is 2. The Hall–Kier alpha value is -4.50. The molecular weight excluding hydrogens is 423 g/mol. The molecule has 0 aliphatic carbocycles. The van der Waals surface area contributed by atoms with Crippen molar-refractivity contribution < 1.29 is 0 Å². The molecule has 5 aromatic carbocycles. The minimum atomic E-state index is 0.777. The van der Waals surface area contributed by atoms with E-state index >= 15 is 0 Å². The third-order valence-corrected chi connectivity index (χ3v) is 6.79. The lowest BCUT2D eigenvalue weighted by atomic mass is 9.92. The summed E-state index contributed by atoms with van der Waals surface area (Å²) in [6.07, 6.45) is 1.94. The predicted molar refractivity (Wildman–Crippen MR) is 148 cm³/mol. The largest absolute Gasteiger partial charge is 0.254 e. The van der Waals surface area contributed by atoms with Gasteiger partial charge in [0, 0.05) is 27.9 Å². The van der Waals surface area contributed by atoms with Crippen LogP contribution in [0.4, 0.5) is 0 Å². The molecule has 160 valence electrons. The predicted octanol–water partition coefficient (Wildman–Crippen LogP) is 7.22. The van der Waals surface area contributed by atoms with Gasteiger partial charge in [0.15, 0.2) is 0 Å². The molecule has 2 heterocycles. The molecular formula is C32H19BN2. The number of benzene rings is 5. The summed E-state index contributed by atoms with van der Waals surface area (Å²) in [7, 11) is 5.93. The van der Waals surface area contributed by atoms with E-state index in [4.69, 9.17) is 17.8 Å². The highest BCUT2D eigenvalue weighted by atomic mass is 14.8.